The fourth-order valence-corrected chi connectivity index (χ4v) is 21.9. The van der Waals surface area contributed by atoms with Crippen LogP contribution in [0.5, 0.6) is 46.0 Å². The molecule has 0 bridgehead atoms. The van der Waals surface area contributed by atoms with Gasteiger partial charge in [0.2, 0.25) is 0 Å². The highest BCUT2D eigenvalue weighted by Gasteiger charge is 2.45. The molecule has 23 aromatic rings. The zero-order chi connectivity index (χ0) is 90.5. The smallest absolute Gasteiger partial charge is 0.266 e. The lowest BCUT2D eigenvalue weighted by Crippen LogP contribution is -2.42. The maximum absolute atomic E-state index is 17.7. The third-order valence-electron chi connectivity index (χ3n) is 27.7. The van der Waals surface area contributed by atoms with E-state index in [0.717, 1.165) is 109 Å². The standard InChI is InChI=1S/C120H86N6O8/c1-67(2)71-43-33-44-72(68(3)4)115(71)125-117(127)83-63-103(131-99-59-29-25-55-95(99)121-87-47-17-9-35-75(87)76-36-10-18-48-88(76)121)109-111-105(133-101-61-31-27-57-97(101)123-91-51-21-13-39-79(91)80-40-14-22-52-92(80)123)65-85-108-86(120(130)126(119(85)129)116-73(69(5)6)45-34-46-74(116)70(7)8)66-106(134-102-62-32-28-58-98(102)124-93-53-23-15-41-81(93)82-42-16-24-54-94(82)124)112(114(108)111)110-104(64-84(118(125)128)107(83)113(109)110)132-100-60-30-26-56-96(100)122-89-49-19-11-37-77(89)78-38-12-20-50-90(78)122/h9-70H,1-8H3. The van der Waals surface area contributed by atoms with Gasteiger partial charge in [-0.25, -0.2) is 9.80 Å². The largest absolute Gasteiger partial charge is 0.454 e. The summed E-state index contributed by atoms with van der Waals surface area (Å²) in [5.41, 5.74) is 14.8. The predicted octanol–water partition coefficient (Wildman–Crippen LogP) is 31.4. The predicted molar refractivity (Wildman–Crippen MR) is 543 cm³/mol. The Morgan fingerprint density at radius 1 is 0.187 bits per heavy atom. The molecule has 14 heteroatoms. The summed E-state index contributed by atoms with van der Waals surface area (Å²) >= 11 is 0. The number of imide groups is 2. The van der Waals surface area contributed by atoms with Crippen LogP contribution in [0.25, 0.3) is 153 Å². The lowest BCUT2D eigenvalue weighted by Gasteiger charge is -2.35. The molecule has 2 aliphatic rings. The van der Waals surface area contributed by atoms with Crippen molar-refractivity contribution in [2.45, 2.75) is 79.1 Å². The molecule has 0 radical (unpaired) electrons. The first-order valence-electron chi connectivity index (χ1n) is 46.0. The van der Waals surface area contributed by atoms with Gasteiger partial charge >= 0.3 is 0 Å². The van der Waals surface area contributed by atoms with Crippen LogP contribution < -0.4 is 28.7 Å². The number of para-hydroxylation sites is 18. The number of carbonyl (C=O) groups is 4. The van der Waals surface area contributed by atoms with E-state index in [9.17, 15) is 0 Å². The zero-order valence-corrected chi connectivity index (χ0v) is 74.7. The first-order chi connectivity index (χ1) is 65.6. The summed E-state index contributed by atoms with van der Waals surface area (Å²) in [6.07, 6.45) is 0. The Kier molecular flexibility index (Phi) is 18.0. The number of fused-ring (bicyclic) bond motifs is 14. The van der Waals surface area contributed by atoms with Gasteiger partial charge in [0.15, 0.2) is 23.0 Å². The number of benzene rings is 19. The van der Waals surface area contributed by atoms with Gasteiger partial charge < -0.3 is 37.2 Å². The summed E-state index contributed by atoms with van der Waals surface area (Å²) in [4.78, 5) is 73.6. The van der Waals surface area contributed by atoms with Crippen LogP contribution in [0.15, 0.2) is 352 Å². The second-order valence-corrected chi connectivity index (χ2v) is 36.5. The van der Waals surface area contributed by atoms with Gasteiger partial charge in [0, 0.05) is 86.2 Å². The van der Waals surface area contributed by atoms with Crippen LogP contribution in [0.2, 0.25) is 0 Å². The van der Waals surface area contributed by atoms with Crippen molar-refractivity contribution in [1.29, 1.82) is 0 Å². The summed E-state index contributed by atoms with van der Waals surface area (Å²) in [5, 5.41) is 10.9. The molecular weight excluding hydrogens is 1650 g/mol. The molecule has 0 atom stereocenters. The monoisotopic (exact) mass is 1740 g/mol. The van der Waals surface area contributed by atoms with Crippen molar-refractivity contribution in [3.63, 3.8) is 0 Å². The minimum absolute atomic E-state index is 0.146. The molecule has 19 aromatic carbocycles. The number of anilines is 2. The van der Waals surface area contributed by atoms with Crippen molar-refractivity contribution >= 4 is 165 Å². The Labute approximate surface area is 770 Å². The highest BCUT2D eigenvalue weighted by molar-refractivity contribution is 6.48. The van der Waals surface area contributed by atoms with Gasteiger partial charge in [-0.05, 0) is 167 Å². The normalized spacial score (nSPS) is 13.1. The molecule has 0 saturated carbocycles. The van der Waals surface area contributed by atoms with Crippen LogP contribution in [-0.4, -0.2) is 41.9 Å². The van der Waals surface area contributed by atoms with Crippen LogP contribution in [0.3, 0.4) is 0 Å². The van der Waals surface area contributed by atoms with Gasteiger partial charge in [0.25, 0.3) is 23.6 Å². The summed E-state index contributed by atoms with van der Waals surface area (Å²) in [6.45, 7) is 16.7. The molecule has 4 aromatic heterocycles. The average molecular weight is 1740 g/mol. The molecule has 0 aliphatic carbocycles. The molecule has 134 heavy (non-hydrogen) atoms. The van der Waals surface area contributed by atoms with Crippen molar-refractivity contribution in [1.82, 2.24) is 18.3 Å². The molecular formula is C120H86N6O8. The van der Waals surface area contributed by atoms with Gasteiger partial charge in [-0.15, -0.1) is 0 Å². The number of nitrogens with zero attached hydrogens (tertiary/aromatic N) is 6. The molecule has 6 heterocycles. The third-order valence-corrected chi connectivity index (χ3v) is 27.7. The highest BCUT2D eigenvalue weighted by atomic mass is 16.5. The van der Waals surface area contributed by atoms with E-state index in [2.05, 4.69) is 219 Å². The van der Waals surface area contributed by atoms with Crippen molar-refractivity contribution in [2.75, 3.05) is 9.80 Å². The molecule has 0 unspecified atom stereocenters. The van der Waals surface area contributed by atoms with E-state index in [4.69, 9.17) is 18.9 Å². The maximum atomic E-state index is 17.7. The van der Waals surface area contributed by atoms with Gasteiger partial charge in [-0.1, -0.05) is 286 Å². The lowest BCUT2D eigenvalue weighted by molar-refractivity contribution is 0.0877. The van der Waals surface area contributed by atoms with Crippen LogP contribution in [0, 0.1) is 0 Å². The van der Waals surface area contributed by atoms with Crippen molar-refractivity contribution in [2.24, 2.45) is 0 Å². The van der Waals surface area contributed by atoms with Crippen LogP contribution in [-0.2, 0) is 0 Å². The van der Waals surface area contributed by atoms with Gasteiger partial charge in [0.05, 0.1) is 101 Å². The SMILES string of the molecule is CC(C)c1cccc(C(C)C)c1N1C(=O)c2cc(Oc3ccccc3-n3c4ccccc4c4ccccc43)c3c4c(Oc5ccccc5-n5c6ccccc6c6ccccc65)cc5c6c(cc(Oc7ccccc7-n7c8ccccc8c8ccccc87)c(c7c(Oc8ccccc8-n8c9ccccc9c9ccccc98)cc(c2c37)C1=O)c64)C(=O)N(c1c(C(C)C)cccc1C(C)C)C5=O. The minimum atomic E-state index is -0.594. The lowest BCUT2D eigenvalue weighted by atomic mass is 9.80. The molecule has 0 N–H and O–H groups in total. The topological polar surface area (TPSA) is 131 Å². The van der Waals surface area contributed by atoms with Crippen molar-refractivity contribution in [3.8, 4) is 68.7 Å². The van der Waals surface area contributed by atoms with E-state index in [-0.39, 0.29) is 79.7 Å². The van der Waals surface area contributed by atoms with E-state index < -0.39 is 23.6 Å². The molecule has 0 saturated heterocycles. The number of hydrogen-bond donors (Lipinski definition) is 0. The summed E-state index contributed by atoms with van der Waals surface area (Å²) < 4.78 is 41.8. The second kappa shape index (κ2) is 30.4. The first kappa shape index (κ1) is 79.3. The minimum Gasteiger partial charge on any atom is -0.454 e. The third kappa shape index (κ3) is 11.6. The molecule has 0 spiro atoms. The van der Waals surface area contributed by atoms with E-state index >= 15 is 19.2 Å². The molecule has 25 rings (SSSR count). The second-order valence-electron chi connectivity index (χ2n) is 36.5. The molecule has 4 amide bonds. The number of aromatic nitrogens is 4. The summed E-state index contributed by atoms with van der Waals surface area (Å²) in [6, 6.07) is 118. The van der Waals surface area contributed by atoms with Crippen molar-refractivity contribution in [3.05, 3.63) is 396 Å². The summed E-state index contributed by atoms with van der Waals surface area (Å²) in [5.74, 6) is -0.841. The Balaban J connectivity index is 0.894. The van der Waals surface area contributed by atoms with Gasteiger partial charge in [-0.2, -0.15) is 0 Å². The van der Waals surface area contributed by atoms with Gasteiger partial charge in [0.1, 0.15) is 23.0 Å². The maximum Gasteiger partial charge on any atom is 0.266 e. The molecule has 0 fully saturated rings. The highest BCUT2D eigenvalue weighted by Crippen LogP contribution is 2.61. The van der Waals surface area contributed by atoms with Crippen LogP contribution >= 0.6 is 0 Å². The summed E-state index contributed by atoms with van der Waals surface area (Å²) in [7, 11) is 0. The van der Waals surface area contributed by atoms with Crippen LogP contribution in [0.1, 0.15) is 143 Å². The molecule has 14 nitrogen and oxygen atoms in total. The van der Waals surface area contributed by atoms with Crippen molar-refractivity contribution < 1.29 is 38.1 Å². The van der Waals surface area contributed by atoms with Crippen LogP contribution in [0.4, 0.5) is 11.4 Å². The molecule has 644 valence electrons. The Bertz CT molecular complexity index is 7810. The quantitative estimate of drug-likeness (QED) is 0.0471. The average Bonchev–Trinajstić information content (AvgIpc) is 0.961. The number of hydrogen-bond acceptors (Lipinski definition) is 8. The zero-order valence-electron chi connectivity index (χ0n) is 74.7. The van der Waals surface area contributed by atoms with Gasteiger partial charge in [-0.3, -0.25) is 19.2 Å². The van der Waals surface area contributed by atoms with E-state index in [0.29, 0.717) is 89.4 Å². The van der Waals surface area contributed by atoms with E-state index in [1.165, 1.54) is 9.80 Å². The molecule has 2 aliphatic heterocycles. The van der Waals surface area contributed by atoms with E-state index in [1.54, 1.807) is 0 Å². The Morgan fingerprint density at radius 2 is 0.366 bits per heavy atom. The number of ether oxygens (including phenoxy) is 4. The Hall–Kier alpha value is -16.8. The number of carbonyl (C=O) groups excluding carboxylic acids is 4. The fraction of sp³-hybridized carbons (Fsp3) is 0.100. The number of rotatable bonds is 18. The Morgan fingerprint density at radius 3 is 0.560 bits per heavy atom. The van der Waals surface area contributed by atoms with E-state index in [1.807, 2.05) is 206 Å². The number of amides is 4. The first-order valence-corrected chi connectivity index (χ1v) is 46.0. The fourth-order valence-electron chi connectivity index (χ4n) is 21.9.